The third kappa shape index (κ3) is 3.12. The number of aromatic nitrogens is 1. The second-order valence-corrected chi connectivity index (χ2v) is 4.05. The fourth-order valence-electron chi connectivity index (χ4n) is 1.77. The Kier molecular flexibility index (Phi) is 4.30. The number of esters is 1. The van der Waals surface area contributed by atoms with Crippen LogP contribution < -0.4 is 5.32 Å². The van der Waals surface area contributed by atoms with E-state index in [1.807, 2.05) is 36.4 Å². The normalized spacial score (nSPS) is 11.2. The minimum absolute atomic E-state index is 0.416. The molecule has 5 nitrogen and oxygen atoms in total. The molecular formula is C15H13N3O2. The number of nitrogens with one attached hydrogen (secondary N) is 1. The molecule has 0 saturated heterocycles. The van der Waals surface area contributed by atoms with Crippen LogP contribution in [0.5, 0.6) is 0 Å². The first-order chi connectivity index (χ1) is 9.74. The summed E-state index contributed by atoms with van der Waals surface area (Å²) in [5.41, 5.74) is 1.24. The Morgan fingerprint density at radius 3 is 2.75 bits per heavy atom. The zero-order valence-electron chi connectivity index (χ0n) is 10.9. The molecule has 0 aliphatic carbocycles. The molecule has 0 aliphatic rings. The number of benzene rings is 1. The molecule has 1 heterocycles. The summed E-state index contributed by atoms with van der Waals surface area (Å²) >= 11 is 0. The predicted molar refractivity (Wildman–Crippen MR) is 73.8 cm³/mol. The molecule has 0 amide bonds. The number of carbonyl (C=O) groups excluding carboxylic acids is 1. The van der Waals surface area contributed by atoms with E-state index >= 15 is 0 Å². The van der Waals surface area contributed by atoms with Gasteiger partial charge in [0, 0.05) is 6.20 Å². The van der Waals surface area contributed by atoms with Crippen molar-refractivity contribution in [3.8, 4) is 6.07 Å². The molecule has 0 bridgehead atoms. The minimum Gasteiger partial charge on any atom is -0.467 e. The average molecular weight is 267 g/mol. The van der Waals surface area contributed by atoms with Crippen LogP contribution in [0.15, 0.2) is 48.7 Å². The van der Waals surface area contributed by atoms with Crippen molar-refractivity contribution in [1.29, 1.82) is 5.26 Å². The smallest absolute Gasteiger partial charge is 0.333 e. The van der Waals surface area contributed by atoms with Gasteiger partial charge in [-0.25, -0.2) is 9.78 Å². The standard InChI is InChI=1S/C15H13N3O2/c1-20-15(19)14(12-5-3-2-4-6-12)18-13-9-11(10-16)7-8-17-13/h2-9,14H,1H3,(H,17,18). The van der Waals surface area contributed by atoms with Crippen molar-refractivity contribution in [1.82, 2.24) is 4.98 Å². The van der Waals surface area contributed by atoms with Crippen molar-refractivity contribution in [3.63, 3.8) is 0 Å². The van der Waals surface area contributed by atoms with Crippen molar-refractivity contribution in [2.75, 3.05) is 12.4 Å². The Bertz CT molecular complexity index is 635. The Balaban J connectivity index is 2.29. The highest BCUT2D eigenvalue weighted by atomic mass is 16.5. The lowest BCUT2D eigenvalue weighted by Gasteiger charge is -2.17. The Morgan fingerprint density at radius 2 is 2.10 bits per heavy atom. The summed E-state index contributed by atoms with van der Waals surface area (Å²) < 4.78 is 4.80. The minimum atomic E-state index is -0.664. The van der Waals surface area contributed by atoms with Crippen LogP contribution in [-0.2, 0) is 9.53 Å². The maximum Gasteiger partial charge on any atom is 0.333 e. The van der Waals surface area contributed by atoms with Gasteiger partial charge in [-0.2, -0.15) is 5.26 Å². The van der Waals surface area contributed by atoms with E-state index in [-0.39, 0.29) is 0 Å². The first-order valence-electron chi connectivity index (χ1n) is 6.00. The molecule has 100 valence electrons. The Labute approximate surface area is 116 Å². The lowest BCUT2D eigenvalue weighted by molar-refractivity contribution is -0.141. The number of carbonyl (C=O) groups is 1. The van der Waals surface area contributed by atoms with Crippen molar-refractivity contribution in [2.24, 2.45) is 0 Å². The van der Waals surface area contributed by atoms with Crippen molar-refractivity contribution in [2.45, 2.75) is 6.04 Å². The number of nitriles is 1. The van der Waals surface area contributed by atoms with Crippen molar-refractivity contribution in [3.05, 3.63) is 59.8 Å². The van der Waals surface area contributed by atoms with Crippen molar-refractivity contribution >= 4 is 11.8 Å². The SMILES string of the molecule is COC(=O)C(Nc1cc(C#N)ccn1)c1ccccc1. The van der Waals surface area contributed by atoms with E-state index in [1.54, 1.807) is 12.1 Å². The first-order valence-corrected chi connectivity index (χ1v) is 6.00. The average Bonchev–Trinajstić information content (AvgIpc) is 2.53. The first kappa shape index (κ1) is 13.6. The third-order valence-corrected chi connectivity index (χ3v) is 2.75. The zero-order chi connectivity index (χ0) is 14.4. The van der Waals surface area contributed by atoms with E-state index in [0.717, 1.165) is 5.56 Å². The molecule has 0 fully saturated rings. The van der Waals surface area contributed by atoms with Gasteiger partial charge >= 0.3 is 5.97 Å². The van der Waals surface area contributed by atoms with E-state index in [0.29, 0.717) is 11.4 Å². The van der Waals surface area contributed by atoms with Crippen LogP contribution in [0.2, 0.25) is 0 Å². The summed E-state index contributed by atoms with van der Waals surface area (Å²) in [7, 11) is 1.33. The lowest BCUT2D eigenvalue weighted by Crippen LogP contribution is -2.22. The number of anilines is 1. The van der Waals surface area contributed by atoms with Crippen LogP contribution >= 0.6 is 0 Å². The number of nitrogens with zero attached hydrogens (tertiary/aromatic N) is 2. The van der Waals surface area contributed by atoms with Crippen LogP contribution in [0.25, 0.3) is 0 Å². The maximum absolute atomic E-state index is 11.9. The summed E-state index contributed by atoms with van der Waals surface area (Å²) in [6, 6.07) is 13.7. The van der Waals surface area contributed by atoms with E-state index in [4.69, 9.17) is 10.00 Å². The van der Waals surface area contributed by atoms with Crippen LogP contribution in [0, 0.1) is 11.3 Å². The van der Waals surface area contributed by atoms with Crippen LogP contribution in [0.1, 0.15) is 17.2 Å². The van der Waals surface area contributed by atoms with E-state index in [1.165, 1.54) is 13.3 Å². The molecule has 1 N–H and O–H groups in total. The van der Waals surface area contributed by atoms with Gasteiger partial charge in [-0.3, -0.25) is 0 Å². The van der Waals surface area contributed by atoms with Gasteiger partial charge in [0.15, 0.2) is 6.04 Å². The van der Waals surface area contributed by atoms with Crippen molar-refractivity contribution < 1.29 is 9.53 Å². The largest absolute Gasteiger partial charge is 0.467 e. The molecule has 0 saturated carbocycles. The molecule has 0 radical (unpaired) electrons. The molecule has 2 rings (SSSR count). The molecule has 1 aromatic carbocycles. The third-order valence-electron chi connectivity index (χ3n) is 2.75. The number of pyridine rings is 1. The number of ether oxygens (including phenoxy) is 1. The van der Waals surface area contributed by atoms with Gasteiger partial charge in [-0.15, -0.1) is 0 Å². The van der Waals surface area contributed by atoms with Gasteiger partial charge in [0.25, 0.3) is 0 Å². The van der Waals surface area contributed by atoms with E-state index in [9.17, 15) is 4.79 Å². The fraction of sp³-hybridized carbons (Fsp3) is 0.133. The highest BCUT2D eigenvalue weighted by Gasteiger charge is 2.21. The molecule has 1 atom stereocenters. The van der Waals surface area contributed by atoms with Gasteiger partial charge in [0.2, 0.25) is 0 Å². The second kappa shape index (κ2) is 6.34. The quantitative estimate of drug-likeness (QED) is 0.860. The van der Waals surface area contributed by atoms with E-state index in [2.05, 4.69) is 10.3 Å². The fourth-order valence-corrected chi connectivity index (χ4v) is 1.77. The summed E-state index contributed by atoms with van der Waals surface area (Å²) in [6.45, 7) is 0. The second-order valence-electron chi connectivity index (χ2n) is 4.05. The summed E-state index contributed by atoms with van der Waals surface area (Å²) in [6.07, 6.45) is 1.51. The monoisotopic (exact) mass is 267 g/mol. The lowest BCUT2D eigenvalue weighted by atomic mass is 10.1. The maximum atomic E-state index is 11.9. The van der Waals surface area contributed by atoms with Gasteiger partial charge in [0.05, 0.1) is 18.7 Å². The number of rotatable bonds is 4. The highest BCUT2D eigenvalue weighted by Crippen LogP contribution is 2.20. The van der Waals surface area contributed by atoms with Crippen LogP contribution in [0.4, 0.5) is 5.82 Å². The molecule has 1 aromatic heterocycles. The van der Waals surface area contributed by atoms with E-state index < -0.39 is 12.0 Å². The molecule has 2 aromatic rings. The molecular weight excluding hydrogens is 254 g/mol. The molecule has 5 heteroatoms. The number of hydrogen-bond acceptors (Lipinski definition) is 5. The zero-order valence-corrected chi connectivity index (χ0v) is 10.9. The predicted octanol–water partition coefficient (Wildman–Crippen LogP) is 2.28. The van der Waals surface area contributed by atoms with Gasteiger partial charge < -0.3 is 10.1 Å². The summed E-state index contributed by atoms with van der Waals surface area (Å²) in [5, 5.41) is 11.9. The molecule has 0 spiro atoms. The van der Waals surface area contributed by atoms with Gasteiger partial charge in [-0.1, -0.05) is 30.3 Å². The van der Waals surface area contributed by atoms with Gasteiger partial charge in [-0.05, 0) is 17.7 Å². The topological polar surface area (TPSA) is 75.0 Å². The molecule has 0 aliphatic heterocycles. The number of methoxy groups -OCH3 is 1. The van der Waals surface area contributed by atoms with Gasteiger partial charge in [0.1, 0.15) is 5.82 Å². The van der Waals surface area contributed by atoms with Crippen LogP contribution in [0.3, 0.4) is 0 Å². The molecule has 1 unspecified atom stereocenters. The molecule has 20 heavy (non-hydrogen) atoms. The number of hydrogen-bond donors (Lipinski definition) is 1. The summed E-state index contributed by atoms with van der Waals surface area (Å²) in [4.78, 5) is 16.0. The Hall–Kier alpha value is -2.87. The van der Waals surface area contributed by atoms with Crippen LogP contribution in [-0.4, -0.2) is 18.1 Å². The summed E-state index contributed by atoms with van der Waals surface area (Å²) in [5.74, 6) is 0.0312. The Morgan fingerprint density at radius 1 is 1.35 bits per heavy atom. The highest BCUT2D eigenvalue weighted by molar-refractivity contribution is 5.80.